The van der Waals surface area contributed by atoms with Gasteiger partial charge in [-0.25, -0.2) is 13.1 Å². The number of benzene rings is 2. The molecule has 5 heteroatoms. The van der Waals surface area contributed by atoms with Gasteiger partial charge in [-0.3, -0.25) is 0 Å². The van der Waals surface area contributed by atoms with Crippen LogP contribution in [-0.4, -0.2) is 27.5 Å². The fraction of sp³-hybridized carbons (Fsp3) is 0.333. The Morgan fingerprint density at radius 1 is 1.13 bits per heavy atom. The molecule has 1 heterocycles. The molecule has 1 N–H and O–H groups in total. The van der Waals surface area contributed by atoms with Crippen LogP contribution in [0.1, 0.15) is 18.4 Å². The van der Waals surface area contributed by atoms with Crippen molar-refractivity contribution in [1.82, 2.24) is 4.72 Å². The van der Waals surface area contributed by atoms with Gasteiger partial charge in [-0.2, -0.15) is 0 Å². The summed E-state index contributed by atoms with van der Waals surface area (Å²) in [5.41, 5.74) is 2.10. The predicted molar refractivity (Wildman–Crippen MR) is 93.2 cm³/mol. The first-order valence-corrected chi connectivity index (χ1v) is 9.42. The number of hydrogen-bond donors (Lipinski definition) is 1. The van der Waals surface area contributed by atoms with Crippen molar-refractivity contribution in [2.45, 2.75) is 30.7 Å². The van der Waals surface area contributed by atoms with Gasteiger partial charge in [0.15, 0.2) is 0 Å². The topological polar surface area (TPSA) is 49.4 Å². The van der Waals surface area contributed by atoms with E-state index in [2.05, 4.69) is 21.8 Å². The smallest absolute Gasteiger partial charge is 0.240 e. The number of aryl methyl sites for hydroxylation is 1. The molecule has 1 aliphatic rings. The second kappa shape index (κ2) is 6.72. The van der Waals surface area contributed by atoms with Crippen LogP contribution in [0.5, 0.6) is 0 Å². The normalized spacial score (nSPS) is 18.3. The van der Waals surface area contributed by atoms with Crippen molar-refractivity contribution in [3.8, 4) is 0 Å². The third kappa shape index (κ3) is 3.74. The monoisotopic (exact) mass is 330 g/mol. The van der Waals surface area contributed by atoms with Crippen LogP contribution in [0.15, 0.2) is 59.5 Å². The number of hydrogen-bond acceptors (Lipinski definition) is 3. The lowest BCUT2D eigenvalue weighted by Crippen LogP contribution is -2.40. The van der Waals surface area contributed by atoms with Crippen molar-refractivity contribution >= 4 is 15.7 Å². The van der Waals surface area contributed by atoms with Crippen molar-refractivity contribution in [2.24, 2.45) is 0 Å². The third-order valence-electron chi connectivity index (χ3n) is 4.27. The lowest BCUT2D eigenvalue weighted by Gasteiger charge is -2.27. The fourth-order valence-corrected chi connectivity index (χ4v) is 4.26. The molecule has 0 spiro atoms. The molecule has 0 bridgehead atoms. The van der Waals surface area contributed by atoms with Crippen molar-refractivity contribution in [3.05, 3.63) is 60.2 Å². The van der Waals surface area contributed by atoms with Gasteiger partial charge in [-0.1, -0.05) is 30.3 Å². The summed E-state index contributed by atoms with van der Waals surface area (Å²) in [5.74, 6) is 0. The summed E-state index contributed by atoms with van der Waals surface area (Å²) in [5, 5.41) is 0. The molecule has 1 atom stereocenters. The van der Waals surface area contributed by atoms with E-state index in [9.17, 15) is 8.42 Å². The highest BCUT2D eigenvalue weighted by Gasteiger charge is 2.26. The van der Waals surface area contributed by atoms with Gasteiger partial charge in [-0.05, 0) is 49.6 Å². The molecular weight excluding hydrogens is 308 g/mol. The molecule has 0 aromatic heterocycles. The fourth-order valence-electron chi connectivity index (χ4n) is 3.08. The minimum absolute atomic E-state index is 0.206. The number of para-hydroxylation sites is 1. The highest BCUT2D eigenvalue weighted by Crippen LogP contribution is 2.25. The molecule has 2 aromatic carbocycles. The Morgan fingerprint density at radius 3 is 2.65 bits per heavy atom. The summed E-state index contributed by atoms with van der Waals surface area (Å²) in [4.78, 5) is 2.63. The van der Waals surface area contributed by atoms with Crippen LogP contribution in [0, 0.1) is 6.92 Å². The highest BCUT2D eigenvalue weighted by atomic mass is 32.2. The molecule has 0 amide bonds. The zero-order chi connectivity index (χ0) is 16.3. The minimum Gasteiger partial charge on any atom is -0.367 e. The van der Waals surface area contributed by atoms with E-state index >= 15 is 0 Å². The lowest BCUT2D eigenvalue weighted by atomic mass is 10.2. The van der Waals surface area contributed by atoms with Gasteiger partial charge in [-0.15, -0.1) is 0 Å². The van der Waals surface area contributed by atoms with Gasteiger partial charge in [0.05, 0.1) is 4.90 Å². The molecule has 23 heavy (non-hydrogen) atoms. The zero-order valence-electron chi connectivity index (χ0n) is 13.3. The highest BCUT2D eigenvalue weighted by molar-refractivity contribution is 7.89. The van der Waals surface area contributed by atoms with Crippen LogP contribution in [0.25, 0.3) is 0 Å². The number of sulfonamides is 1. The van der Waals surface area contributed by atoms with E-state index in [0.717, 1.165) is 30.6 Å². The predicted octanol–water partition coefficient (Wildman–Crippen LogP) is 2.94. The van der Waals surface area contributed by atoms with Gasteiger partial charge in [0, 0.05) is 24.8 Å². The third-order valence-corrected chi connectivity index (χ3v) is 5.70. The molecule has 0 saturated carbocycles. The molecule has 4 nitrogen and oxygen atoms in total. The Morgan fingerprint density at radius 2 is 1.91 bits per heavy atom. The molecular formula is C18H22N2O2S. The first-order valence-electron chi connectivity index (χ1n) is 7.94. The molecule has 1 aliphatic heterocycles. The Kier molecular flexibility index (Phi) is 4.68. The van der Waals surface area contributed by atoms with Crippen LogP contribution < -0.4 is 9.62 Å². The van der Waals surface area contributed by atoms with E-state index in [-0.39, 0.29) is 6.04 Å². The van der Waals surface area contributed by atoms with Crippen LogP contribution in [0.4, 0.5) is 5.69 Å². The largest absolute Gasteiger partial charge is 0.367 e. The molecule has 0 aliphatic carbocycles. The molecule has 1 fully saturated rings. The molecule has 0 radical (unpaired) electrons. The first-order chi connectivity index (χ1) is 11.1. The maximum absolute atomic E-state index is 12.5. The van der Waals surface area contributed by atoms with E-state index in [1.165, 1.54) is 0 Å². The SMILES string of the molecule is Cc1cccc(S(=O)(=O)NCC2CCCN2c2ccccc2)c1. The maximum Gasteiger partial charge on any atom is 0.240 e. The van der Waals surface area contributed by atoms with Gasteiger partial charge < -0.3 is 4.90 Å². The summed E-state index contributed by atoms with van der Waals surface area (Å²) < 4.78 is 27.7. The van der Waals surface area contributed by atoms with Gasteiger partial charge in [0.2, 0.25) is 10.0 Å². The van der Waals surface area contributed by atoms with Crippen molar-refractivity contribution in [1.29, 1.82) is 0 Å². The Bertz CT molecular complexity index is 760. The van der Waals surface area contributed by atoms with Gasteiger partial charge >= 0.3 is 0 Å². The Labute approximate surface area is 138 Å². The summed E-state index contributed by atoms with van der Waals surface area (Å²) in [6.45, 7) is 3.30. The van der Waals surface area contributed by atoms with Crippen molar-refractivity contribution < 1.29 is 8.42 Å². The van der Waals surface area contributed by atoms with Gasteiger partial charge in [0.1, 0.15) is 0 Å². The summed E-state index contributed by atoms with van der Waals surface area (Å²) in [6, 6.07) is 17.4. The molecule has 3 rings (SSSR count). The molecule has 122 valence electrons. The Balaban J connectivity index is 1.70. The van der Waals surface area contributed by atoms with E-state index in [0.29, 0.717) is 11.4 Å². The van der Waals surface area contributed by atoms with E-state index < -0.39 is 10.0 Å². The average Bonchev–Trinajstić information content (AvgIpc) is 3.02. The molecule has 2 aromatic rings. The number of nitrogens with one attached hydrogen (secondary N) is 1. The van der Waals surface area contributed by atoms with Crippen LogP contribution in [0.2, 0.25) is 0 Å². The second-order valence-corrected chi connectivity index (χ2v) is 7.76. The van der Waals surface area contributed by atoms with Crippen LogP contribution in [0.3, 0.4) is 0 Å². The second-order valence-electron chi connectivity index (χ2n) is 5.99. The summed E-state index contributed by atoms with van der Waals surface area (Å²) in [7, 11) is -3.45. The lowest BCUT2D eigenvalue weighted by molar-refractivity contribution is 0.567. The van der Waals surface area contributed by atoms with E-state index in [4.69, 9.17) is 0 Å². The van der Waals surface area contributed by atoms with E-state index in [1.807, 2.05) is 31.2 Å². The molecule has 1 unspecified atom stereocenters. The number of anilines is 1. The zero-order valence-corrected chi connectivity index (χ0v) is 14.1. The standard InChI is InChI=1S/C18H22N2O2S/c1-15-7-5-11-18(13-15)23(21,22)19-14-17-10-6-12-20(17)16-8-3-2-4-9-16/h2-5,7-9,11,13,17,19H,6,10,12,14H2,1H3. The maximum atomic E-state index is 12.5. The van der Waals surface area contributed by atoms with Gasteiger partial charge in [0.25, 0.3) is 0 Å². The van der Waals surface area contributed by atoms with E-state index in [1.54, 1.807) is 18.2 Å². The first kappa shape index (κ1) is 16.0. The van der Waals surface area contributed by atoms with Crippen LogP contribution in [-0.2, 0) is 10.0 Å². The number of nitrogens with zero attached hydrogens (tertiary/aromatic N) is 1. The van der Waals surface area contributed by atoms with Crippen LogP contribution >= 0.6 is 0 Å². The number of rotatable bonds is 5. The quantitative estimate of drug-likeness (QED) is 0.917. The Hall–Kier alpha value is -1.85. The minimum atomic E-state index is -3.45. The average molecular weight is 330 g/mol. The molecule has 1 saturated heterocycles. The summed E-state index contributed by atoms with van der Waals surface area (Å²) >= 11 is 0. The van der Waals surface area contributed by atoms with Crippen molar-refractivity contribution in [2.75, 3.05) is 18.0 Å². The summed E-state index contributed by atoms with van der Waals surface area (Å²) in [6.07, 6.45) is 2.09. The van der Waals surface area contributed by atoms with Crippen molar-refractivity contribution in [3.63, 3.8) is 0 Å².